The molecule has 0 radical (unpaired) electrons. The fourth-order valence-electron chi connectivity index (χ4n) is 2.43. The van der Waals surface area contributed by atoms with Gasteiger partial charge in [0.2, 0.25) is 5.89 Å². The molecule has 7 nitrogen and oxygen atoms in total. The summed E-state index contributed by atoms with van der Waals surface area (Å²) >= 11 is 0. The number of amides is 1. The number of hydrogen-bond donors (Lipinski definition) is 3. The van der Waals surface area contributed by atoms with Crippen molar-refractivity contribution in [1.29, 1.82) is 0 Å². The second-order valence-electron chi connectivity index (χ2n) is 5.90. The SMILES string of the molecule is CCNC(=NCc1nc(C)c(C)o1)NCCc1cccc(C(=O)NC)c1. The number of guanidine groups is 1. The van der Waals surface area contributed by atoms with E-state index in [0.29, 0.717) is 30.5 Å². The molecular formula is C19H27N5O2. The van der Waals surface area contributed by atoms with Crippen LogP contribution in [0, 0.1) is 13.8 Å². The number of nitrogens with one attached hydrogen (secondary N) is 3. The summed E-state index contributed by atoms with van der Waals surface area (Å²) < 4.78 is 5.55. The van der Waals surface area contributed by atoms with Crippen LogP contribution in [0.3, 0.4) is 0 Å². The van der Waals surface area contributed by atoms with Gasteiger partial charge < -0.3 is 20.4 Å². The Labute approximate surface area is 154 Å². The molecule has 0 saturated carbocycles. The zero-order chi connectivity index (χ0) is 18.9. The van der Waals surface area contributed by atoms with Crippen LogP contribution in [0.1, 0.15) is 40.2 Å². The monoisotopic (exact) mass is 357 g/mol. The fraction of sp³-hybridized carbons (Fsp3) is 0.421. The highest BCUT2D eigenvalue weighted by molar-refractivity contribution is 5.94. The third-order valence-electron chi connectivity index (χ3n) is 3.91. The molecule has 26 heavy (non-hydrogen) atoms. The van der Waals surface area contributed by atoms with Crippen LogP contribution in [0.5, 0.6) is 0 Å². The van der Waals surface area contributed by atoms with Crippen LogP contribution < -0.4 is 16.0 Å². The Bertz CT molecular complexity index is 748. The Morgan fingerprint density at radius 3 is 2.73 bits per heavy atom. The third kappa shape index (κ3) is 5.61. The second kappa shape index (κ2) is 9.60. The van der Waals surface area contributed by atoms with E-state index >= 15 is 0 Å². The number of hydrogen-bond acceptors (Lipinski definition) is 4. The van der Waals surface area contributed by atoms with Gasteiger partial charge in [-0.3, -0.25) is 4.79 Å². The third-order valence-corrected chi connectivity index (χ3v) is 3.91. The van der Waals surface area contributed by atoms with E-state index in [-0.39, 0.29) is 5.91 Å². The summed E-state index contributed by atoms with van der Waals surface area (Å²) in [4.78, 5) is 20.5. The molecule has 3 N–H and O–H groups in total. The smallest absolute Gasteiger partial charge is 0.251 e. The maximum atomic E-state index is 11.7. The predicted octanol–water partition coefficient (Wildman–Crippen LogP) is 1.95. The summed E-state index contributed by atoms with van der Waals surface area (Å²) in [5.74, 6) is 2.06. The summed E-state index contributed by atoms with van der Waals surface area (Å²) in [6, 6.07) is 7.62. The van der Waals surface area contributed by atoms with Crippen LogP contribution in [-0.4, -0.2) is 37.0 Å². The molecule has 2 rings (SSSR count). The highest BCUT2D eigenvalue weighted by Crippen LogP contribution is 2.09. The number of rotatable bonds is 7. The summed E-state index contributed by atoms with van der Waals surface area (Å²) in [5, 5.41) is 9.14. The van der Waals surface area contributed by atoms with E-state index in [1.54, 1.807) is 7.05 Å². The average Bonchev–Trinajstić information content (AvgIpc) is 2.97. The molecule has 0 aliphatic heterocycles. The molecule has 7 heteroatoms. The average molecular weight is 357 g/mol. The highest BCUT2D eigenvalue weighted by Gasteiger charge is 2.06. The second-order valence-corrected chi connectivity index (χ2v) is 5.90. The normalized spacial score (nSPS) is 11.3. The summed E-state index contributed by atoms with van der Waals surface area (Å²) in [6.45, 7) is 7.68. The molecule has 0 fully saturated rings. The van der Waals surface area contributed by atoms with Gasteiger partial charge in [0.15, 0.2) is 5.96 Å². The van der Waals surface area contributed by atoms with Crippen LogP contribution in [-0.2, 0) is 13.0 Å². The van der Waals surface area contributed by atoms with E-state index < -0.39 is 0 Å². The van der Waals surface area contributed by atoms with Crippen molar-refractivity contribution in [2.45, 2.75) is 33.7 Å². The van der Waals surface area contributed by atoms with Crippen molar-refractivity contribution in [1.82, 2.24) is 20.9 Å². The maximum Gasteiger partial charge on any atom is 0.251 e. The molecule has 0 bridgehead atoms. The highest BCUT2D eigenvalue weighted by atomic mass is 16.4. The first-order valence-corrected chi connectivity index (χ1v) is 8.79. The Balaban J connectivity index is 1.91. The van der Waals surface area contributed by atoms with Gasteiger partial charge in [-0.25, -0.2) is 9.98 Å². The predicted molar refractivity (Wildman–Crippen MR) is 102 cm³/mol. The van der Waals surface area contributed by atoms with Gasteiger partial charge in [-0.15, -0.1) is 0 Å². The summed E-state index contributed by atoms with van der Waals surface area (Å²) in [7, 11) is 1.63. The molecule has 1 amide bonds. The first kappa shape index (κ1) is 19.5. The summed E-state index contributed by atoms with van der Waals surface area (Å²) in [5.41, 5.74) is 2.65. The number of aliphatic imine (C=N–C) groups is 1. The van der Waals surface area contributed by atoms with Crippen LogP contribution in [0.15, 0.2) is 33.7 Å². The number of aromatic nitrogens is 1. The molecule has 0 aliphatic carbocycles. The van der Waals surface area contributed by atoms with Crippen LogP contribution >= 0.6 is 0 Å². The van der Waals surface area contributed by atoms with Crippen molar-refractivity contribution < 1.29 is 9.21 Å². The van der Waals surface area contributed by atoms with E-state index in [1.807, 2.05) is 45.0 Å². The Morgan fingerprint density at radius 1 is 1.27 bits per heavy atom. The maximum absolute atomic E-state index is 11.7. The zero-order valence-corrected chi connectivity index (χ0v) is 15.8. The van der Waals surface area contributed by atoms with E-state index in [0.717, 1.165) is 30.0 Å². The molecule has 0 spiro atoms. The van der Waals surface area contributed by atoms with E-state index in [4.69, 9.17) is 4.42 Å². The lowest BCUT2D eigenvalue weighted by Crippen LogP contribution is -2.38. The molecular weight excluding hydrogens is 330 g/mol. The number of benzene rings is 1. The number of oxazole rings is 1. The first-order valence-electron chi connectivity index (χ1n) is 8.79. The van der Waals surface area contributed by atoms with Gasteiger partial charge in [0.25, 0.3) is 5.91 Å². The Hall–Kier alpha value is -2.83. The van der Waals surface area contributed by atoms with Crippen LogP contribution in [0.2, 0.25) is 0 Å². The van der Waals surface area contributed by atoms with Gasteiger partial charge in [-0.2, -0.15) is 0 Å². The molecule has 0 aliphatic rings. The number of carbonyl (C=O) groups is 1. The van der Waals surface area contributed by atoms with Gasteiger partial charge in [-0.05, 0) is 44.9 Å². The molecule has 0 unspecified atom stereocenters. The minimum absolute atomic E-state index is 0.0776. The van der Waals surface area contributed by atoms with Gasteiger partial charge in [0.05, 0.1) is 5.69 Å². The van der Waals surface area contributed by atoms with Crippen molar-refractivity contribution in [2.75, 3.05) is 20.1 Å². The van der Waals surface area contributed by atoms with E-state index in [9.17, 15) is 4.79 Å². The molecule has 140 valence electrons. The van der Waals surface area contributed by atoms with Gasteiger partial charge in [-0.1, -0.05) is 12.1 Å². The Kier molecular flexibility index (Phi) is 7.20. The lowest BCUT2D eigenvalue weighted by Gasteiger charge is -2.11. The number of nitrogens with zero attached hydrogens (tertiary/aromatic N) is 2. The van der Waals surface area contributed by atoms with Crippen molar-refractivity contribution in [3.63, 3.8) is 0 Å². The molecule has 2 aromatic rings. The van der Waals surface area contributed by atoms with Crippen molar-refractivity contribution in [2.24, 2.45) is 4.99 Å². The van der Waals surface area contributed by atoms with E-state index in [1.165, 1.54) is 0 Å². The topological polar surface area (TPSA) is 91.6 Å². The van der Waals surface area contributed by atoms with Gasteiger partial charge in [0, 0.05) is 25.7 Å². The quantitative estimate of drug-likeness (QED) is 0.520. The van der Waals surface area contributed by atoms with Crippen molar-refractivity contribution >= 4 is 11.9 Å². The Morgan fingerprint density at radius 2 is 2.08 bits per heavy atom. The summed E-state index contributed by atoms with van der Waals surface area (Å²) in [6.07, 6.45) is 0.784. The minimum Gasteiger partial charge on any atom is -0.444 e. The van der Waals surface area contributed by atoms with Gasteiger partial charge >= 0.3 is 0 Å². The lowest BCUT2D eigenvalue weighted by molar-refractivity contribution is 0.0963. The van der Waals surface area contributed by atoms with Gasteiger partial charge in [0.1, 0.15) is 12.3 Å². The first-order chi connectivity index (χ1) is 12.5. The number of carbonyl (C=O) groups excluding carboxylic acids is 1. The number of aryl methyl sites for hydroxylation is 2. The molecule has 1 heterocycles. The lowest BCUT2D eigenvalue weighted by atomic mass is 10.1. The zero-order valence-electron chi connectivity index (χ0n) is 15.8. The van der Waals surface area contributed by atoms with Crippen molar-refractivity contribution in [3.05, 3.63) is 52.7 Å². The molecule has 0 saturated heterocycles. The van der Waals surface area contributed by atoms with Crippen LogP contribution in [0.4, 0.5) is 0 Å². The molecule has 1 aromatic carbocycles. The van der Waals surface area contributed by atoms with Crippen molar-refractivity contribution in [3.8, 4) is 0 Å². The van der Waals surface area contributed by atoms with E-state index in [2.05, 4.69) is 25.9 Å². The largest absolute Gasteiger partial charge is 0.444 e. The standard InChI is InChI=1S/C19H27N5O2/c1-5-21-19(23-12-17-24-13(2)14(3)26-17)22-10-9-15-7-6-8-16(11-15)18(25)20-4/h6-8,11H,5,9-10,12H2,1-4H3,(H,20,25)(H2,21,22,23). The molecule has 0 atom stereocenters. The van der Waals surface area contributed by atoms with Crippen LogP contribution in [0.25, 0.3) is 0 Å². The minimum atomic E-state index is -0.0776. The fourth-order valence-corrected chi connectivity index (χ4v) is 2.43. The molecule has 1 aromatic heterocycles.